The zero-order chi connectivity index (χ0) is 25.7. The van der Waals surface area contributed by atoms with E-state index in [1.807, 2.05) is 26.8 Å². The Morgan fingerprint density at radius 2 is 1.64 bits per heavy atom. The molecule has 2 aromatic rings. The van der Waals surface area contributed by atoms with Gasteiger partial charge in [0.2, 0.25) is 0 Å². The maximum Gasteiger partial charge on any atom is 0.316 e. The lowest BCUT2D eigenvalue weighted by molar-refractivity contribution is -0.148. The Hall–Kier alpha value is -2.98. The van der Waals surface area contributed by atoms with Crippen molar-refractivity contribution in [3.05, 3.63) is 94.3 Å². The Labute approximate surface area is 215 Å². The first-order valence-corrected chi connectivity index (χ1v) is 13.1. The zero-order valence-electron chi connectivity index (χ0n) is 22.0. The highest BCUT2D eigenvalue weighted by Crippen LogP contribution is 2.40. The van der Waals surface area contributed by atoms with E-state index in [0.29, 0.717) is 30.9 Å². The van der Waals surface area contributed by atoms with E-state index in [4.69, 9.17) is 4.74 Å². The summed E-state index contributed by atoms with van der Waals surface area (Å²) in [5.41, 5.74) is 7.82. The summed E-state index contributed by atoms with van der Waals surface area (Å²) >= 11 is 0. The number of carbonyl (C=O) groups excluding carboxylic acids is 1. The number of allylic oxidation sites excluding steroid dienone is 6. The third-order valence-electron chi connectivity index (χ3n) is 6.98. The van der Waals surface area contributed by atoms with E-state index in [0.717, 1.165) is 30.6 Å². The molecule has 1 N–H and O–H groups in total. The van der Waals surface area contributed by atoms with Crippen LogP contribution in [0.5, 0.6) is 0 Å². The third-order valence-corrected chi connectivity index (χ3v) is 6.98. The highest BCUT2D eigenvalue weighted by molar-refractivity contribution is 5.98. The van der Waals surface area contributed by atoms with Crippen molar-refractivity contribution >= 4 is 17.1 Å². The zero-order valence-corrected chi connectivity index (χ0v) is 22.0. The van der Waals surface area contributed by atoms with Gasteiger partial charge in [-0.25, -0.2) is 0 Å². The Morgan fingerprint density at radius 1 is 0.972 bits per heavy atom. The van der Waals surface area contributed by atoms with Crippen LogP contribution in [0.4, 0.5) is 4.39 Å². The maximum atomic E-state index is 13.4. The van der Waals surface area contributed by atoms with Crippen LogP contribution >= 0.6 is 0 Å². The molecule has 0 spiro atoms. The van der Waals surface area contributed by atoms with Gasteiger partial charge in [0.15, 0.2) is 0 Å². The Balaban J connectivity index is 1.77. The second-order valence-corrected chi connectivity index (χ2v) is 11.0. The van der Waals surface area contributed by atoms with Crippen molar-refractivity contribution in [1.29, 1.82) is 0 Å². The van der Waals surface area contributed by atoms with Gasteiger partial charge in [-0.2, -0.15) is 0 Å². The number of hydrogen-bond donors (Lipinski definition) is 1. The largest absolute Gasteiger partial charge is 0.431 e. The third kappa shape index (κ3) is 6.22. The number of nitrogens with one attached hydrogen (secondary N) is 1. The van der Waals surface area contributed by atoms with Crippen LogP contribution in [0.3, 0.4) is 0 Å². The summed E-state index contributed by atoms with van der Waals surface area (Å²) in [6.45, 7) is 9.38. The minimum atomic E-state index is -0.543. The first kappa shape index (κ1) is 26.1. The van der Waals surface area contributed by atoms with Crippen LogP contribution in [0.1, 0.15) is 74.6 Å². The van der Waals surface area contributed by atoms with Gasteiger partial charge in [0, 0.05) is 25.4 Å². The molecule has 0 radical (unpaired) electrons. The maximum absolute atomic E-state index is 13.4. The molecule has 1 saturated heterocycles. The van der Waals surface area contributed by atoms with E-state index < -0.39 is 5.41 Å². The van der Waals surface area contributed by atoms with E-state index in [1.165, 1.54) is 27.8 Å². The van der Waals surface area contributed by atoms with E-state index in [2.05, 4.69) is 66.8 Å². The fourth-order valence-corrected chi connectivity index (χ4v) is 4.60. The molecular weight excluding hydrogens is 449 g/mol. The van der Waals surface area contributed by atoms with Gasteiger partial charge in [0.25, 0.3) is 0 Å². The summed E-state index contributed by atoms with van der Waals surface area (Å²) in [6, 6.07) is 17.4. The van der Waals surface area contributed by atoms with Crippen molar-refractivity contribution in [2.75, 3.05) is 19.8 Å². The second kappa shape index (κ2) is 11.4. The molecule has 0 aromatic heterocycles. The average molecular weight is 488 g/mol. The number of rotatable bonds is 8. The molecule has 190 valence electrons. The van der Waals surface area contributed by atoms with Crippen molar-refractivity contribution < 1.29 is 13.9 Å². The molecule has 2 aliphatic rings. The van der Waals surface area contributed by atoms with Gasteiger partial charge in [-0.15, -0.1) is 0 Å². The number of esters is 1. The van der Waals surface area contributed by atoms with Crippen molar-refractivity contribution in [3.8, 4) is 0 Å². The van der Waals surface area contributed by atoms with E-state index in [1.54, 1.807) is 0 Å². The predicted octanol–water partition coefficient (Wildman–Crippen LogP) is 7.54. The first-order valence-electron chi connectivity index (χ1n) is 13.1. The minimum Gasteiger partial charge on any atom is -0.431 e. The van der Waals surface area contributed by atoms with Gasteiger partial charge < -0.3 is 10.1 Å². The summed E-state index contributed by atoms with van der Waals surface area (Å²) in [4.78, 5) is 12.4. The van der Waals surface area contributed by atoms with Crippen LogP contribution in [0.2, 0.25) is 0 Å². The number of hydrogen-bond acceptors (Lipinski definition) is 3. The summed E-state index contributed by atoms with van der Waals surface area (Å²) in [7, 11) is 0. The predicted molar refractivity (Wildman–Crippen MR) is 146 cm³/mol. The van der Waals surface area contributed by atoms with Crippen LogP contribution in [-0.4, -0.2) is 25.7 Å². The smallest absolute Gasteiger partial charge is 0.316 e. The molecular formula is C32H38FNO2. The van der Waals surface area contributed by atoms with E-state index in [9.17, 15) is 9.18 Å². The van der Waals surface area contributed by atoms with Gasteiger partial charge >= 0.3 is 5.97 Å². The van der Waals surface area contributed by atoms with Gasteiger partial charge in [-0.05, 0) is 86.4 Å². The number of benzene rings is 2. The SMILES string of the molecule is Cc1ccc(/C(CCCF)=C(/C2=CC=C(OC(=O)C(C)(C)C)CC2)c2ccc(C3CNC3)cc2)cc1. The molecule has 3 nitrogen and oxygen atoms in total. The fraction of sp³-hybridized carbons (Fsp3) is 0.406. The highest BCUT2D eigenvalue weighted by atomic mass is 19.1. The number of alkyl halides is 1. The highest BCUT2D eigenvalue weighted by Gasteiger charge is 2.26. The van der Waals surface area contributed by atoms with Crippen LogP contribution in [0.15, 0.2) is 72.0 Å². The lowest BCUT2D eigenvalue weighted by atomic mass is 9.83. The van der Waals surface area contributed by atoms with Gasteiger partial charge in [0.05, 0.1) is 12.1 Å². The second-order valence-electron chi connectivity index (χ2n) is 11.0. The molecule has 2 aromatic carbocycles. The van der Waals surface area contributed by atoms with Gasteiger partial charge in [0.1, 0.15) is 5.76 Å². The topological polar surface area (TPSA) is 38.3 Å². The van der Waals surface area contributed by atoms with E-state index >= 15 is 0 Å². The quantitative estimate of drug-likeness (QED) is 0.309. The summed E-state index contributed by atoms with van der Waals surface area (Å²) in [5, 5.41) is 3.35. The molecule has 4 rings (SSSR count). The van der Waals surface area contributed by atoms with Gasteiger partial charge in [-0.1, -0.05) is 60.2 Å². The van der Waals surface area contributed by atoms with Crippen molar-refractivity contribution in [2.24, 2.45) is 5.41 Å². The number of aryl methyl sites for hydroxylation is 1. The van der Waals surface area contributed by atoms with Crippen LogP contribution in [-0.2, 0) is 9.53 Å². The Kier molecular flexibility index (Phi) is 8.25. The average Bonchev–Trinajstić information content (AvgIpc) is 2.82. The number of ether oxygens (including phenoxy) is 1. The van der Waals surface area contributed by atoms with Crippen LogP contribution in [0, 0.1) is 12.3 Å². The normalized spacial score (nSPS) is 17.0. The summed E-state index contributed by atoms with van der Waals surface area (Å²) in [6.07, 6.45) is 6.58. The van der Waals surface area contributed by atoms with Crippen LogP contribution in [0.25, 0.3) is 11.1 Å². The molecule has 1 aliphatic heterocycles. The molecule has 0 amide bonds. The summed E-state index contributed by atoms with van der Waals surface area (Å²) in [5.74, 6) is 1.06. The number of halogens is 1. The number of carbonyl (C=O) groups is 1. The van der Waals surface area contributed by atoms with Crippen LogP contribution < -0.4 is 5.32 Å². The molecule has 4 heteroatoms. The molecule has 1 fully saturated rings. The standard InChI is InChI=1S/C32H38FNO2/c1-22-7-9-24(10-8-22)29(6-5-19-33)30(25-13-11-23(12-14-25)27-20-34-21-27)26-15-17-28(18-16-26)36-31(35)32(2,3)4/h7-15,17,27,34H,5-6,16,18-21H2,1-4H3/b30-29+. The van der Waals surface area contributed by atoms with Gasteiger partial charge in [-0.3, -0.25) is 9.18 Å². The molecule has 0 saturated carbocycles. The molecule has 0 atom stereocenters. The molecule has 0 unspecified atom stereocenters. The molecule has 0 bridgehead atoms. The fourth-order valence-electron chi connectivity index (χ4n) is 4.60. The first-order chi connectivity index (χ1) is 17.3. The van der Waals surface area contributed by atoms with Crippen molar-refractivity contribution in [3.63, 3.8) is 0 Å². The van der Waals surface area contributed by atoms with Crippen molar-refractivity contribution in [1.82, 2.24) is 5.32 Å². The monoisotopic (exact) mass is 487 g/mol. The molecule has 36 heavy (non-hydrogen) atoms. The Morgan fingerprint density at radius 3 is 2.17 bits per heavy atom. The summed E-state index contributed by atoms with van der Waals surface area (Å²) < 4.78 is 19.1. The Bertz CT molecular complexity index is 1160. The molecule has 1 aliphatic carbocycles. The lowest BCUT2D eigenvalue weighted by Gasteiger charge is -2.28. The molecule has 1 heterocycles. The lowest BCUT2D eigenvalue weighted by Crippen LogP contribution is -2.39. The van der Waals surface area contributed by atoms with E-state index in [-0.39, 0.29) is 12.6 Å². The van der Waals surface area contributed by atoms with Crippen molar-refractivity contribution in [2.45, 2.75) is 59.3 Å². The minimum absolute atomic E-state index is 0.217.